The van der Waals surface area contributed by atoms with E-state index in [0.29, 0.717) is 6.04 Å². The standard InChI is InChI=1S/C16H26N2/c1-12-5-4-6-13(2)16(12)11-18-9-7-15(8-10-18)14(3)17/h4-6,14-15H,7-11,17H2,1-3H3. The molecule has 0 saturated carbocycles. The van der Waals surface area contributed by atoms with Crippen molar-refractivity contribution in [2.75, 3.05) is 13.1 Å². The Labute approximate surface area is 111 Å². The van der Waals surface area contributed by atoms with Gasteiger partial charge in [-0.1, -0.05) is 18.2 Å². The molecule has 1 fully saturated rings. The third kappa shape index (κ3) is 3.12. The molecule has 0 aliphatic carbocycles. The van der Waals surface area contributed by atoms with Crippen LogP contribution in [0.1, 0.15) is 36.5 Å². The molecule has 1 saturated heterocycles. The third-order valence-electron chi connectivity index (χ3n) is 4.40. The fraction of sp³-hybridized carbons (Fsp3) is 0.625. The van der Waals surface area contributed by atoms with Crippen LogP contribution in [-0.4, -0.2) is 24.0 Å². The molecular weight excluding hydrogens is 220 g/mol. The van der Waals surface area contributed by atoms with E-state index in [1.165, 1.54) is 42.6 Å². The van der Waals surface area contributed by atoms with Crippen LogP contribution in [0.15, 0.2) is 18.2 Å². The lowest BCUT2D eigenvalue weighted by atomic mass is 9.90. The van der Waals surface area contributed by atoms with E-state index < -0.39 is 0 Å². The highest BCUT2D eigenvalue weighted by Gasteiger charge is 2.22. The fourth-order valence-electron chi connectivity index (χ4n) is 2.96. The molecule has 1 aliphatic rings. The van der Waals surface area contributed by atoms with Crippen LogP contribution >= 0.6 is 0 Å². The Morgan fingerprint density at radius 3 is 2.28 bits per heavy atom. The zero-order chi connectivity index (χ0) is 13.1. The molecule has 2 heteroatoms. The normalized spacial score (nSPS) is 20.0. The fourth-order valence-corrected chi connectivity index (χ4v) is 2.96. The molecule has 100 valence electrons. The molecule has 1 heterocycles. The van der Waals surface area contributed by atoms with E-state index in [4.69, 9.17) is 5.73 Å². The maximum absolute atomic E-state index is 5.99. The Balaban J connectivity index is 1.96. The predicted molar refractivity (Wildman–Crippen MR) is 77.6 cm³/mol. The molecule has 0 aromatic heterocycles. The second kappa shape index (κ2) is 5.85. The average molecular weight is 246 g/mol. The Morgan fingerprint density at radius 2 is 1.78 bits per heavy atom. The Kier molecular flexibility index (Phi) is 4.41. The summed E-state index contributed by atoms with van der Waals surface area (Å²) in [6, 6.07) is 6.94. The number of piperidine rings is 1. The molecule has 1 aliphatic heterocycles. The summed E-state index contributed by atoms with van der Waals surface area (Å²) in [5, 5.41) is 0. The van der Waals surface area contributed by atoms with Crippen molar-refractivity contribution < 1.29 is 0 Å². The van der Waals surface area contributed by atoms with Crippen molar-refractivity contribution in [3.63, 3.8) is 0 Å². The van der Waals surface area contributed by atoms with Gasteiger partial charge in [0.05, 0.1) is 0 Å². The molecule has 0 radical (unpaired) electrons. The number of likely N-dealkylation sites (tertiary alicyclic amines) is 1. The summed E-state index contributed by atoms with van der Waals surface area (Å²) in [6.45, 7) is 10.1. The predicted octanol–water partition coefficient (Wildman–Crippen LogP) is 2.86. The molecule has 1 aromatic carbocycles. The second-order valence-corrected chi connectivity index (χ2v) is 5.84. The van der Waals surface area contributed by atoms with Crippen LogP contribution in [0.4, 0.5) is 0 Å². The van der Waals surface area contributed by atoms with E-state index in [2.05, 4.69) is 43.9 Å². The van der Waals surface area contributed by atoms with Gasteiger partial charge in [0, 0.05) is 12.6 Å². The first-order valence-electron chi connectivity index (χ1n) is 7.11. The number of nitrogens with zero attached hydrogens (tertiary/aromatic N) is 1. The monoisotopic (exact) mass is 246 g/mol. The van der Waals surface area contributed by atoms with Gasteiger partial charge in [-0.15, -0.1) is 0 Å². The largest absolute Gasteiger partial charge is 0.328 e. The van der Waals surface area contributed by atoms with Gasteiger partial charge in [0.1, 0.15) is 0 Å². The van der Waals surface area contributed by atoms with Crippen molar-refractivity contribution in [1.82, 2.24) is 4.90 Å². The lowest BCUT2D eigenvalue weighted by Crippen LogP contribution is -2.39. The number of hydrogen-bond acceptors (Lipinski definition) is 2. The lowest BCUT2D eigenvalue weighted by Gasteiger charge is -2.34. The first kappa shape index (κ1) is 13.6. The molecule has 2 nitrogen and oxygen atoms in total. The first-order chi connectivity index (χ1) is 8.58. The van der Waals surface area contributed by atoms with Crippen LogP contribution in [0.25, 0.3) is 0 Å². The SMILES string of the molecule is Cc1cccc(C)c1CN1CCC(C(C)N)CC1. The van der Waals surface area contributed by atoms with Gasteiger partial charge in [-0.3, -0.25) is 4.90 Å². The zero-order valence-electron chi connectivity index (χ0n) is 11.9. The summed E-state index contributed by atoms with van der Waals surface area (Å²) in [7, 11) is 0. The van der Waals surface area contributed by atoms with E-state index >= 15 is 0 Å². The Bertz CT molecular complexity index is 370. The number of rotatable bonds is 3. The Morgan fingerprint density at radius 1 is 1.22 bits per heavy atom. The minimum Gasteiger partial charge on any atom is -0.328 e. The van der Waals surface area contributed by atoms with Crippen molar-refractivity contribution in [1.29, 1.82) is 0 Å². The molecular formula is C16H26N2. The van der Waals surface area contributed by atoms with Crippen LogP contribution in [0.5, 0.6) is 0 Å². The Hall–Kier alpha value is -0.860. The van der Waals surface area contributed by atoms with Gasteiger partial charge < -0.3 is 5.73 Å². The van der Waals surface area contributed by atoms with Crippen LogP contribution < -0.4 is 5.73 Å². The molecule has 1 aromatic rings. The maximum atomic E-state index is 5.99. The lowest BCUT2D eigenvalue weighted by molar-refractivity contribution is 0.165. The maximum Gasteiger partial charge on any atom is 0.0238 e. The molecule has 1 atom stereocenters. The van der Waals surface area contributed by atoms with Gasteiger partial charge in [-0.25, -0.2) is 0 Å². The van der Waals surface area contributed by atoms with Gasteiger partial charge in [0.2, 0.25) is 0 Å². The first-order valence-corrected chi connectivity index (χ1v) is 7.11. The number of benzene rings is 1. The van der Waals surface area contributed by atoms with Crippen molar-refractivity contribution in [2.24, 2.45) is 11.7 Å². The minimum absolute atomic E-state index is 0.354. The highest BCUT2D eigenvalue weighted by Crippen LogP contribution is 2.23. The second-order valence-electron chi connectivity index (χ2n) is 5.84. The highest BCUT2D eigenvalue weighted by molar-refractivity contribution is 5.33. The third-order valence-corrected chi connectivity index (χ3v) is 4.40. The van der Waals surface area contributed by atoms with E-state index in [0.717, 1.165) is 12.5 Å². The number of aryl methyl sites for hydroxylation is 2. The van der Waals surface area contributed by atoms with Crippen molar-refractivity contribution in [2.45, 2.75) is 46.2 Å². The van der Waals surface area contributed by atoms with Crippen LogP contribution in [-0.2, 0) is 6.54 Å². The van der Waals surface area contributed by atoms with Crippen molar-refractivity contribution in [3.05, 3.63) is 34.9 Å². The molecule has 2 rings (SSSR count). The topological polar surface area (TPSA) is 29.3 Å². The number of nitrogens with two attached hydrogens (primary N) is 1. The van der Waals surface area contributed by atoms with Gasteiger partial charge in [-0.05, 0) is 69.3 Å². The molecule has 0 amide bonds. The van der Waals surface area contributed by atoms with Gasteiger partial charge in [0.15, 0.2) is 0 Å². The van der Waals surface area contributed by atoms with Crippen molar-refractivity contribution >= 4 is 0 Å². The molecule has 2 N–H and O–H groups in total. The average Bonchev–Trinajstić information content (AvgIpc) is 2.34. The summed E-state index contributed by atoms with van der Waals surface area (Å²) in [6.07, 6.45) is 2.51. The van der Waals surface area contributed by atoms with Crippen LogP contribution in [0.2, 0.25) is 0 Å². The van der Waals surface area contributed by atoms with Gasteiger partial charge in [0.25, 0.3) is 0 Å². The highest BCUT2D eigenvalue weighted by atomic mass is 15.1. The van der Waals surface area contributed by atoms with Gasteiger partial charge >= 0.3 is 0 Å². The molecule has 1 unspecified atom stereocenters. The van der Waals surface area contributed by atoms with E-state index in [1.807, 2.05) is 0 Å². The van der Waals surface area contributed by atoms with Gasteiger partial charge in [-0.2, -0.15) is 0 Å². The van der Waals surface area contributed by atoms with E-state index in [1.54, 1.807) is 0 Å². The smallest absolute Gasteiger partial charge is 0.0238 e. The van der Waals surface area contributed by atoms with Crippen LogP contribution in [0, 0.1) is 19.8 Å². The molecule has 18 heavy (non-hydrogen) atoms. The van der Waals surface area contributed by atoms with E-state index in [-0.39, 0.29) is 0 Å². The number of hydrogen-bond donors (Lipinski definition) is 1. The summed E-state index contributed by atoms with van der Waals surface area (Å²) < 4.78 is 0. The summed E-state index contributed by atoms with van der Waals surface area (Å²) in [5.74, 6) is 0.721. The van der Waals surface area contributed by atoms with Crippen LogP contribution in [0.3, 0.4) is 0 Å². The molecule has 0 bridgehead atoms. The molecule has 0 spiro atoms. The van der Waals surface area contributed by atoms with E-state index in [9.17, 15) is 0 Å². The summed E-state index contributed by atoms with van der Waals surface area (Å²) >= 11 is 0. The summed E-state index contributed by atoms with van der Waals surface area (Å²) in [4.78, 5) is 2.58. The quantitative estimate of drug-likeness (QED) is 0.888. The minimum atomic E-state index is 0.354. The van der Waals surface area contributed by atoms with Crippen molar-refractivity contribution in [3.8, 4) is 0 Å². The zero-order valence-corrected chi connectivity index (χ0v) is 11.9. The summed E-state index contributed by atoms with van der Waals surface area (Å²) in [5.41, 5.74) is 10.3.